The van der Waals surface area contributed by atoms with E-state index in [4.69, 9.17) is 0 Å². The first-order valence-electron chi connectivity index (χ1n) is 9.10. The van der Waals surface area contributed by atoms with Crippen molar-refractivity contribution in [3.8, 4) is 11.8 Å². The number of benzene rings is 2. The lowest BCUT2D eigenvalue weighted by Crippen LogP contribution is -2.07. The van der Waals surface area contributed by atoms with E-state index in [0.717, 1.165) is 10.0 Å². The van der Waals surface area contributed by atoms with Crippen LogP contribution in [0, 0.1) is 11.8 Å². The van der Waals surface area contributed by atoms with E-state index < -0.39 is 15.6 Å². The minimum atomic E-state index is -2.98. The molecule has 2 aromatic carbocycles. The lowest BCUT2D eigenvalue weighted by atomic mass is 10.2. The number of hydrogen-bond donors (Lipinski definition) is 1. The zero-order valence-corrected chi connectivity index (χ0v) is 19.2. The van der Waals surface area contributed by atoms with E-state index in [2.05, 4.69) is 42.4 Å². The monoisotopic (exact) mass is 495 g/mol. The first kappa shape index (κ1) is 22.4. The number of carbonyl (C=O) groups excluding carboxylic acids is 2. The molecule has 31 heavy (non-hydrogen) atoms. The Hall–Kier alpha value is -3.28. The van der Waals surface area contributed by atoms with Crippen LogP contribution in [0.5, 0.6) is 0 Å². The number of amides is 2. The van der Waals surface area contributed by atoms with Crippen molar-refractivity contribution in [1.29, 1.82) is 0 Å². The van der Waals surface area contributed by atoms with Gasteiger partial charge in [0.15, 0.2) is 0 Å². The van der Waals surface area contributed by atoms with Gasteiger partial charge in [-0.2, -0.15) is 4.36 Å². The number of hydrogen-bond acceptors (Lipinski definition) is 4. The van der Waals surface area contributed by atoms with Crippen molar-refractivity contribution in [3.63, 3.8) is 0 Å². The average Bonchev–Trinajstić information content (AvgIpc) is 2.73. The molecule has 0 fully saturated rings. The molecule has 0 spiro atoms. The zero-order chi connectivity index (χ0) is 22.4. The van der Waals surface area contributed by atoms with Crippen molar-refractivity contribution in [2.75, 3.05) is 11.6 Å². The second-order valence-electron chi connectivity index (χ2n) is 6.62. The molecule has 0 aliphatic rings. The minimum Gasteiger partial charge on any atom is -0.326 e. The van der Waals surface area contributed by atoms with E-state index >= 15 is 0 Å². The summed E-state index contributed by atoms with van der Waals surface area (Å²) in [4.78, 5) is 28.2. The van der Waals surface area contributed by atoms with Gasteiger partial charge >= 0.3 is 0 Å². The maximum absolute atomic E-state index is 13.0. The molecule has 1 atom stereocenters. The first-order valence-corrected chi connectivity index (χ1v) is 11.8. The zero-order valence-electron chi connectivity index (χ0n) is 16.8. The number of halogens is 1. The van der Waals surface area contributed by atoms with E-state index in [1.807, 2.05) is 24.3 Å². The third kappa shape index (κ3) is 6.35. The molecule has 0 saturated heterocycles. The summed E-state index contributed by atoms with van der Waals surface area (Å²) in [6.07, 6.45) is 4.31. The van der Waals surface area contributed by atoms with E-state index in [1.54, 1.807) is 36.5 Å². The van der Waals surface area contributed by atoms with Crippen molar-refractivity contribution in [3.05, 3.63) is 88.2 Å². The molecule has 0 aliphatic carbocycles. The second-order valence-corrected chi connectivity index (χ2v) is 9.80. The lowest BCUT2D eigenvalue weighted by molar-refractivity contribution is -0.114. The molecule has 2 amide bonds. The molecule has 0 aliphatic heterocycles. The molecule has 156 valence electrons. The van der Waals surface area contributed by atoms with Gasteiger partial charge in [0, 0.05) is 51.8 Å². The van der Waals surface area contributed by atoms with Crippen LogP contribution in [0.2, 0.25) is 0 Å². The molecule has 3 aromatic rings. The predicted molar refractivity (Wildman–Crippen MR) is 124 cm³/mol. The van der Waals surface area contributed by atoms with Crippen LogP contribution in [0.15, 0.2) is 80.7 Å². The Morgan fingerprint density at radius 3 is 2.29 bits per heavy atom. The summed E-state index contributed by atoms with van der Waals surface area (Å²) in [7, 11) is -2.98. The molecule has 0 saturated carbocycles. The van der Waals surface area contributed by atoms with Gasteiger partial charge in [0.05, 0.1) is 15.3 Å². The molecule has 1 N–H and O–H groups in total. The van der Waals surface area contributed by atoms with Crippen LogP contribution in [0.3, 0.4) is 0 Å². The normalized spacial score (nSPS) is 12.1. The fourth-order valence-corrected chi connectivity index (χ4v) is 3.99. The van der Waals surface area contributed by atoms with Gasteiger partial charge in [0.2, 0.25) is 5.91 Å². The van der Waals surface area contributed by atoms with Gasteiger partial charge in [0.25, 0.3) is 5.91 Å². The highest BCUT2D eigenvalue weighted by Crippen LogP contribution is 2.17. The molecule has 1 aromatic heterocycles. The largest absolute Gasteiger partial charge is 0.326 e. The molecule has 0 radical (unpaired) electrons. The first-order chi connectivity index (χ1) is 14.7. The van der Waals surface area contributed by atoms with Crippen LogP contribution in [-0.4, -0.2) is 27.3 Å². The molecule has 8 heteroatoms. The van der Waals surface area contributed by atoms with Crippen molar-refractivity contribution >= 4 is 43.2 Å². The van der Waals surface area contributed by atoms with Gasteiger partial charge in [-0.05, 0) is 54.6 Å². The highest BCUT2D eigenvalue weighted by Gasteiger charge is 2.12. The van der Waals surface area contributed by atoms with Gasteiger partial charge in [-0.1, -0.05) is 27.8 Å². The van der Waals surface area contributed by atoms with Crippen LogP contribution in [-0.2, 0) is 14.5 Å². The van der Waals surface area contributed by atoms with Crippen molar-refractivity contribution in [2.24, 2.45) is 4.36 Å². The van der Waals surface area contributed by atoms with Gasteiger partial charge in [-0.15, -0.1) is 0 Å². The predicted octanol–water partition coefficient (Wildman–Crippen LogP) is 4.50. The fourth-order valence-electron chi connectivity index (χ4n) is 2.56. The Labute approximate surface area is 189 Å². The Bertz CT molecular complexity index is 1310. The Kier molecular flexibility index (Phi) is 7.00. The number of nitrogens with one attached hydrogen (secondary N) is 1. The number of aromatic nitrogens is 1. The maximum Gasteiger partial charge on any atom is 0.286 e. The highest BCUT2D eigenvalue weighted by molar-refractivity contribution is 9.10. The molecular formula is C23H18BrN3O3S. The van der Waals surface area contributed by atoms with E-state index in [9.17, 15) is 13.8 Å². The van der Waals surface area contributed by atoms with Gasteiger partial charge in [-0.25, -0.2) is 4.21 Å². The molecule has 1 unspecified atom stereocenters. The topological polar surface area (TPSA) is 88.5 Å². The third-order valence-electron chi connectivity index (χ3n) is 4.05. The van der Waals surface area contributed by atoms with E-state index in [0.29, 0.717) is 16.1 Å². The molecular weight excluding hydrogens is 478 g/mol. The third-order valence-corrected chi connectivity index (χ3v) is 6.24. The van der Waals surface area contributed by atoms with Crippen molar-refractivity contribution in [1.82, 2.24) is 4.98 Å². The van der Waals surface area contributed by atoms with Crippen LogP contribution < -0.4 is 5.32 Å². The summed E-state index contributed by atoms with van der Waals surface area (Å²) < 4.78 is 17.9. The van der Waals surface area contributed by atoms with Crippen molar-refractivity contribution < 1.29 is 13.8 Å². The summed E-state index contributed by atoms with van der Waals surface area (Å²) in [5.41, 5.74) is 2.14. The quantitative estimate of drug-likeness (QED) is 0.541. The summed E-state index contributed by atoms with van der Waals surface area (Å²) in [6, 6.07) is 15.5. The summed E-state index contributed by atoms with van der Waals surface area (Å²) in [6.45, 7) is 1.40. The smallest absolute Gasteiger partial charge is 0.286 e. The van der Waals surface area contributed by atoms with Crippen LogP contribution in [0.1, 0.15) is 28.4 Å². The van der Waals surface area contributed by atoms with Crippen LogP contribution in [0.4, 0.5) is 5.69 Å². The van der Waals surface area contributed by atoms with Gasteiger partial charge in [-0.3, -0.25) is 14.6 Å². The number of pyridine rings is 1. The fraction of sp³-hybridized carbons (Fsp3) is 0.0870. The van der Waals surface area contributed by atoms with Crippen LogP contribution in [0.25, 0.3) is 0 Å². The summed E-state index contributed by atoms with van der Waals surface area (Å²) in [5, 5.41) is 2.63. The number of carbonyl (C=O) groups is 2. The highest BCUT2D eigenvalue weighted by atomic mass is 79.9. The maximum atomic E-state index is 13.0. The Morgan fingerprint density at radius 2 is 1.65 bits per heavy atom. The number of rotatable bonds is 3. The van der Waals surface area contributed by atoms with E-state index in [-0.39, 0.29) is 11.5 Å². The lowest BCUT2D eigenvalue weighted by Gasteiger charge is -2.06. The molecule has 3 rings (SSSR count). The Balaban J connectivity index is 1.83. The standard InChI is InChI=1S/C23H18BrN3O3S/c1-16(28)26-21-9-11-22(12-10-21)31(2,30)27-23(29)19-13-18(14-25-15-19)4-3-17-5-7-20(24)8-6-17/h5-15H,1-2H3,(H,26,28). The Morgan fingerprint density at radius 1 is 1.00 bits per heavy atom. The summed E-state index contributed by atoms with van der Waals surface area (Å²) in [5.74, 6) is 5.12. The molecule has 6 nitrogen and oxygen atoms in total. The molecule has 1 heterocycles. The molecule has 0 bridgehead atoms. The van der Waals surface area contributed by atoms with E-state index in [1.165, 1.54) is 19.4 Å². The SMILES string of the molecule is CC(=O)Nc1ccc(S(C)(=O)=NC(=O)c2cncc(C#Cc3ccc(Br)cc3)c2)cc1. The number of nitrogens with zero attached hydrogens (tertiary/aromatic N) is 2. The van der Waals surface area contributed by atoms with Gasteiger partial charge in [0.1, 0.15) is 0 Å². The average molecular weight is 496 g/mol. The second kappa shape index (κ2) is 9.69. The number of anilines is 1. The van der Waals surface area contributed by atoms with Crippen molar-refractivity contribution in [2.45, 2.75) is 11.8 Å². The minimum absolute atomic E-state index is 0.201. The van der Waals surface area contributed by atoms with Gasteiger partial charge < -0.3 is 5.32 Å². The summed E-state index contributed by atoms with van der Waals surface area (Å²) >= 11 is 3.37. The van der Waals surface area contributed by atoms with Crippen LogP contribution >= 0.6 is 15.9 Å².